The third-order valence-electron chi connectivity index (χ3n) is 3.15. The molecule has 0 aromatic carbocycles. The summed E-state index contributed by atoms with van der Waals surface area (Å²) in [5, 5.41) is 6.10. The Labute approximate surface area is 108 Å². The molecule has 0 aliphatic carbocycles. The van der Waals surface area contributed by atoms with Crippen molar-refractivity contribution in [2.24, 2.45) is 0 Å². The number of piperazine rings is 1. The van der Waals surface area contributed by atoms with E-state index >= 15 is 0 Å². The predicted octanol–water partition coefficient (Wildman–Crippen LogP) is 1.23. The van der Waals surface area contributed by atoms with Crippen molar-refractivity contribution in [3.05, 3.63) is 18.3 Å². The maximum atomic E-state index is 11.8. The Balaban J connectivity index is 2.23. The van der Waals surface area contributed by atoms with Crippen LogP contribution in [0.25, 0.3) is 0 Å². The Kier molecular flexibility index (Phi) is 4.02. The lowest BCUT2D eigenvalue weighted by Gasteiger charge is -2.36. The monoisotopic (exact) mass is 248 g/mol. The molecular formula is C13H20N4O. The molecule has 1 atom stereocenters. The van der Waals surface area contributed by atoms with Crippen LogP contribution in [0.3, 0.4) is 0 Å². The van der Waals surface area contributed by atoms with E-state index in [1.54, 1.807) is 6.20 Å². The van der Waals surface area contributed by atoms with Gasteiger partial charge in [-0.05, 0) is 19.4 Å². The van der Waals surface area contributed by atoms with Crippen LogP contribution in [0.15, 0.2) is 18.3 Å². The third-order valence-corrected chi connectivity index (χ3v) is 3.15. The van der Waals surface area contributed by atoms with E-state index < -0.39 is 0 Å². The number of nitrogens with zero attached hydrogens (tertiary/aromatic N) is 2. The first-order valence-corrected chi connectivity index (χ1v) is 6.50. The number of carbonyl (C=O) groups excluding carboxylic acids is 1. The normalized spacial score (nSPS) is 19.6. The number of anilines is 2. The van der Waals surface area contributed by atoms with E-state index in [2.05, 4.69) is 20.5 Å². The summed E-state index contributed by atoms with van der Waals surface area (Å²) in [6, 6.07) is 3.89. The lowest BCUT2D eigenvalue weighted by Crippen LogP contribution is -2.55. The van der Waals surface area contributed by atoms with Gasteiger partial charge in [-0.2, -0.15) is 0 Å². The fourth-order valence-electron chi connectivity index (χ4n) is 2.31. The Morgan fingerprint density at radius 1 is 1.56 bits per heavy atom. The molecule has 0 saturated carbocycles. The molecule has 1 aliphatic rings. The van der Waals surface area contributed by atoms with Crippen molar-refractivity contribution in [1.82, 2.24) is 10.3 Å². The summed E-state index contributed by atoms with van der Waals surface area (Å²) in [4.78, 5) is 18.2. The van der Waals surface area contributed by atoms with Crippen molar-refractivity contribution in [2.45, 2.75) is 26.3 Å². The van der Waals surface area contributed by atoms with E-state index in [-0.39, 0.29) is 11.9 Å². The van der Waals surface area contributed by atoms with Gasteiger partial charge < -0.3 is 15.5 Å². The van der Waals surface area contributed by atoms with E-state index in [9.17, 15) is 4.79 Å². The van der Waals surface area contributed by atoms with Gasteiger partial charge in [-0.15, -0.1) is 0 Å². The van der Waals surface area contributed by atoms with Crippen LogP contribution >= 0.6 is 0 Å². The van der Waals surface area contributed by atoms with Gasteiger partial charge in [0.1, 0.15) is 11.9 Å². The standard InChI is InChI=1S/C13H20N4O/c1-3-11-13(18)16-7-8-17(11)10-5-6-15-12(9-10)14-4-2/h5-6,9,11H,3-4,7-8H2,1-2H3,(H,14,15)(H,16,18). The van der Waals surface area contributed by atoms with Crippen LogP contribution in [-0.2, 0) is 4.79 Å². The molecule has 1 amide bonds. The maximum Gasteiger partial charge on any atom is 0.242 e. The molecule has 1 unspecified atom stereocenters. The molecule has 1 fully saturated rings. The first-order chi connectivity index (χ1) is 8.76. The van der Waals surface area contributed by atoms with Crippen LogP contribution in [0.4, 0.5) is 11.5 Å². The van der Waals surface area contributed by atoms with Crippen molar-refractivity contribution in [1.29, 1.82) is 0 Å². The lowest BCUT2D eigenvalue weighted by molar-refractivity contribution is -0.123. The molecule has 0 spiro atoms. The number of amides is 1. The van der Waals surface area contributed by atoms with E-state index in [1.165, 1.54) is 0 Å². The molecule has 2 rings (SSSR count). The van der Waals surface area contributed by atoms with Crippen molar-refractivity contribution < 1.29 is 4.79 Å². The molecule has 1 saturated heterocycles. The zero-order chi connectivity index (χ0) is 13.0. The maximum absolute atomic E-state index is 11.8. The van der Waals surface area contributed by atoms with Crippen molar-refractivity contribution >= 4 is 17.4 Å². The van der Waals surface area contributed by atoms with E-state index in [1.807, 2.05) is 26.0 Å². The zero-order valence-electron chi connectivity index (χ0n) is 10.9. The molecule has 2 heterocycles. The first-order valence-electron chi connectivity index (χ1n) is 6.50. The summed E-state index contributed by atoms with van der Waals surface area (Å²) >= 11 is 0. The Bertz CT molecular complexity index is 421. The minimum Gasteiger partial charge on any atom is -0.370 e. The number of hydrogen-bond donors (Lipinski definition) is 2. The summed E-state index contributed by atoms with van der Waals surface area (Å²) < 4.78 is 0. The zero-order valence-corrected chi connectivity index (χ0v) is 10.9. The topological polar surface area (TPSA) is 57.3 Å². The SMILES string of the molecule is CCNc1cc(N2CCNC(=O)C2CC)ccn1. The van der Waals surface area contributed by atoms with E-state index in [0.29, 0.717) is 6.54 Å². The van der Waals surface area contributed by atoms with Crippen LogP contribution in [0, 0.1) is 0 Å². The number of aromatic nitrogens is 1. The summed E-state index contributed by atoms with van der Waals surface area (Å²) in [6.07, 6.45) is 2.59. The molecular weight excluding hydrogens is 228 g/mol. The van der Waals surface area contributed by atoms with Gasteiger partial charge in [0.15, 0.2) is 0 Å². The van der Waals surface area contributed by atoms with Crippen LogP contribution in [0.5, 0.6) is 0 Å². The second-order valence-electron chi connectivity index (χ2n) is 4.34. The van der Waals surface area contributed by atoms with Gasteiger partial charge in [-0.3, -0.25) is 4.79 Å². The van der Waals surface area contributed by atoms with Crippen molar-refractivity contribution in [2.75, 3.05) is 29.9 Å². The summed E-state index contributed by atoms with van der Waals surface area (Å²) in [7, 11) is 0. The molecule has 1 aromatic heterocycles. The Morgan fingerprint density at radius 2 is 2.39 bits per heavy atom. The average Bonchev–Trinajstić information content (AvgIpc) is 2.39. The molecule has 18 heavy (non-hydrogen) atoms. The van der Waals surface area contributed by atoms with Gasteiger partial charge in [0.05, 0.1) is 0 Å². The molecule has 0 radical (unpaired) electrons. The number of hydrogen-bond acceptors (Lipinski definition) is 4. The highest BCUT2D eigenvalue weighted by atomic mass is 16.2. The molecule has 5 nitrogen and oxygen atoms in total. The van der Waals surface area contributed by atoms with Crippen LogP contribution in [-0.4, -0.2) is 36.6 Å². The molecule has 2 N–H and O–H groups in total. The third kappa shape index (κ3) is 2.55. The number of nitrogens with one attached hydrogen (secondary N) is 2. The first kappa shape index (κ1) is 12.7. The van der Waals surface area contributed by atoms with Crippen LogP contribution in [0.2, 0.25) is 0 Å². The summed E-state index contributed by atoms with van der Waals surface area (Å²) in [5.74, 6) is 0.974. The van der Waals surface area contributed by atoms with Gasteiger partial charge in [0.25, 0.3) is 0 Å². The Hall–Kier alpha value is -1.78. The largest absolute Gasteiger partial charge is 0.370 e. The van der Waals surface area contributed by atoms with Gasteiger partial charge in [0, 0.05) is 37.6 Å². The second kappa shape index (κ2) is 5.71. The van der Waals surface area contributed by atoms with Gasteiger partial charge in [-0.1, -0.05) is 6.92 Å². The van der Waals surface area contributed by atoms with Crippen LogP contribution < -0.4 is 15.5 Å². The van der Waals surface area contributed by atoms with E-state index in [0.717, 1.165) is 31.0 Å². The molecule has 1 aliphatic heterocycles. The van der Waals surface area contributed by atoms with Crippen LogP contribution in [0.1, 0.15) is 20.3 Å². The molecule has 0 bridgehead atoms. The predicted molar refractivity (Wildman–Crippen MR) is 72.8 cm³/mol. The molecule has 1 aromatic rings. The highest BCUT2D eigenvalue weighted by molar-refractivity contribution is 5.86. The molecule has 5 heteroatoms. The average molecular weight is 248 g/mol. The van der Waals surface area contributed by atoms with Gasteiger partial charge >= 0.3 is 0 Å². The number of pyridine rings is 1. The molecule has 98 valence electrons. The summed E-state index contributed by atoms with van der Waals surface area (Å²) in [5.41, 5.74) is 1.06. The quantitative estimate of drug-likeness (QED) is 0.841. The number of rotatable bonds is 4. The van der Waals surface area contributed by atoms with E-state index in [4.69, 9.17) is 0 Å². The highest BCUT2D eigenvalue weighted by Gasteiger charge is 2.28. The van der Waals surface area contributed by atoms with Crippen molar-refractivity contribution in [3.8, 4) is 0 Å². The lowest BCUT2D eigenvalue weighted by atomic mass is 10.1. The van der Waals surface area contributed by atoms with Gasteiger partial charge in [0.2, 0.25) is 5.91 Å². The van der Waals surface area contributed by atoms with Gasteiger partial charge in [-0.25, -0.2) is 4.98 Å². The fraction of sp³-hybridized carbons (Fsp3) is 0.538. The second-order valence-corrected chi connectivity index (χ2v) is 4.34. The fourth-order valence-corrected chi connectivity index (χ4v) is 2.31. The summed E-state index contributed by atoms with van der Waals surface area (Å²) in [6.45, 7) is 6.47. The minimum absolute atomic E-state index is 0.0735. The smallest absolute Gasteiger partial charge is 0.242 e. The van der Waals surface area contributed by atoms with Crippen molar-refractivity contribution in [3.63, 3.8) is 0 Å². The minimum atomic E-state index is -0.0735. The number of carbonyl (C=O) groups is 1. The highest BCUT2D eigenvalue weighted by Crippen LogP contribution is 2.22. The Morgan fingerprint density at radius 3 is 3.11 bits per heavy atom.